The molecule has 0 N–H and O–H groups in total. The molecule has 2 amide bonds. The number of imide groups is 1. The van der Waals surface area contributed by atoms with Crippen molar-refractivity contribution in [3.05, 3.63) is 75.9 Å². The lowest BCUT2D eigenvalue weighted by atomic mass is 9.85. The van der Waals surface area contributed by atoms with Gasteiger partial charge in [0.1, 0.15) is 0 Å². The number of carbonyl (C=O) groups is 3. The van der Waals surface area contributed by atoms with Gasteiger partial charge in [-0.2, -0.15) is 0 Å². The molecule has 0 bridgehead atoms. The molecule has 0 radical (unpaired) electrons. The molecule has 3 aliphatic rings. The third-order valence-corrected chi connectivity index (χ3v) is 6.65. The molecule has 1 aliphatic carbocycles. The number of ether oxygens (including phenoxy) is 1. The lowest BCUT2D eigenvalue weighted by Crippen LogP contribution is -2.32. The molecule has 2 aromatic carbocycles. The zero-order valence-corrected chi connectivity index (χ0v) is 18.7. The highest BCUT2D eigenvalue weighted by Crippen LogP contribution is 2.39. The molecule has 2 saturated heterocycles. The van der Waals surface area contributed by atoms with Crippen molar-refractivity contribution in [2.24, 2.45) is 0 Å². The Bertz CT molecular complexity index is 1180. The number of benzene rings is 2. The molecular formula is C27H26N2O4. The van der Waals surface area contributed by atoms with Gasteiger partial charge in [-0.1, -0.05) is 48.1 Å². The number of carbonyl (C=O) groups excluding carboxylic acids is 3. The van der Waals surface area contributed by atoms with Crippen LogP contribution in [0.15, 0.2) is 48.0 Å². The number of piperidine rings is 1. The smallest absolute Gasteiger partial charge is 0.339 e. The van der Waals surface area contributed by atoms with Crippen LogP contribution < -0.4 is 0 Å². The van der Waals surface area contributed by atoms with Gasteiger partial charge in [-0.15, -0.1) is 0 Å². The molecule has 2 aromatic rings. The molecule has 2 fully saturated rings. The second kappa shape index (κ2) is 8.79. The van der Waals surface area contributed by atoms with E-state index in [2.05, 4.69) is 42.3 Å². The van der Waals surface area contributed by atoms with Gasteiger partial charge < -0.3 is 9.64 Å². The molecule has 2 aliphatic heterocycles. The summed E-state index contributed by atoms with van der Waals surface area (Å²) in [6, 6.07) is 13.9. The molecule has 5 rings (SSSR count). The van der Waals surface area contributed by atoms with E-state index in [1.54, 1.807) is 6.07 Å². The van der Waals surface area contributed by atoms with E-state index in [-0.39, 0.29) is 31.4 Å². The van der Waals surface area contributed by atoms with Gasteiger partial charge >= 0.3 is 5.97 Å². The molecular weight excluding hydrogens is 416 g/mol. The van der Waals surface area contributed by atoms with Crippen LogP contribution in [0.4, 0.5) is 0 Å². The number of amides is 2. The fraction of sp³-hybridized carbons (Fsp3) is 0.296. The van der Waals surface area contributed by atoms with E-state index in [0.717, 1.165) is 47.5 Å². The molecule has 0 spiro atoms. The van der Waals surface area contributed by atoms with Crippen molar-refractivity contribution in [2.45, 2.75) is 25.7 Å². The summed E-state index contributed by atoms with van der Waals surface area (Å²) in [5, 5.41) is 0. The minimum atomic E-state index is -0.542. The minimum absolute atomic E-state index is 0.174. The maximum atomic E-state index is 12.8. The van der Waals surface area contributed by atoms with Crippen LogP contribution in [0.25, 0.3) is 17.7 Å². The quantitative estimate of drug-likeness (QED) is 0.454. The first-order valence-electron chi connectivity index (χ1n) is 11.3. The lowest BCUT2D eigenvalue weighted by molar-refractivity contribution is -0.142. The van der Waals surface area contributed by atoms with Gasteiger partial charge in [-0.25, -0.2) is 9.69 Å². The number of fused-ring (bicyclic) bond motifs is 2. The molecule has 6 nitrogen and oxygen atoms in total. The Morgan fingerprint density at radius 2 is 1.55 bits per heavy atom. The molecule has 33 heavy (non-hydrogen) atoms. The van der Waals surface area contributed by atoms with Crippen molar-refractivity contribution in [1.29, 1.82) is 0 Å². The van der Waals surface area contributed by atoms with Gasteiger partial charge in [0.05, 0.1) is 5.56 Å². The molecule has 0 aromatic heterocycles. The first-order chi connectivity index (χ1) is 16.0. The fourth-order valence-corrected chi connectivity index (χ4v) is 4.73. The summed E-state index contributed by atoms with van der Waals surface area (Å²) in [6.07, 6.45) is 6.52. The summed E-state index contributed by atoms with van der Waals surface area (Å²) < 4.78 is 5.34. The summed E-state index contributed by atoms with van der Waals surface area (Å²) in [5.74, 6) is -1.14. The van der Waals surface area contributed by atoms with Gasteiger partial charge in [0.2, 0.25) is 11.8 Å². The van der Waals surface area contributed by atoms with Crippen molar-refractivity contribution in [2.75, 3.05) is 26.9 Å². The second-order valence-corrected chi connectivity index (χ2v) is 8.78. The highest BCUT2D eigenvalue weighted by molar-refractivity contribution is 6.02. The van der Waals surface area contributed by atoms with Crippen LogP contribution >= 0.6 is 0 Å². The van der Waals surface area contributed by atoms with Crippen molar-refractivity contribution >= 4 is 35.5 Å². The SMILES string of the molecule is CN1CCC(=C2c3ccccc3C=Cc3ccc(C(=O)OCN4C(=O)CCC4=O)cc32)CC1. The second-order valence-electron chi connectivity index (χ2n) is 8.78. The predicted octanol–water partition coefficient (Wildman–Crippen LogP) is 3.96. The third kappa shape index (κ3) is 4.14. The first-order valence-corrected chi connectivity index (χ1v) is 11.3. The van der Waals surface area contributed by atoms with Crippen LogP contribution in [0.3, 0.4) is 0 Å². The monoisotopic (exact) mass is 442 g/mol. The van der Waals surface area contributed by atoms with Crippen molar-refractivity contribution < 1.29 is 19.1 Å². The van der Waals surface area contributed by atoms with Crippen LogP contribution in [0.1, 0.15) is 58.3 Å². The van der Waals surface area contributed by atoms with Crippen molar-refractivity contribution in [1.82, 2.24) is 9.80 Å². The zero-order chi connectivity index (χ0) is 22.9. The van der Waals surface area contributed by atoms with Crippen LogP contribution in [-0.2, 0) is 14.3 Å². The van der Waals surface area contributed by atoms with Gasteiger partial charge in [0.25, 0.3) is 0 Å². The first kappa shape index (κ1) is 21.3. The number of rotatable bonds is 3. The van der Waals surface area contributed by atoms with Crippen molar-refractivity contribution in [3.8, 4) is 0 Å². The number of nitrogens with zero attached hydrogens (tertiary/aromatic N) is 2. The summed E-state index contributed by atoms with van der Waals surface area (Å²) in [6.45, 7) is 1.67. The number of likely N-dealkylation sites (tertiary alicyclic amines) is 2. The maximum Gasteiger partial charge on any atom is 0.339 e. The Morgan fingerprint density at radius 1 is 0.879 bits per heavy atom. The van der Waals surface area contributed by atoms with Gasteiger partial charge in [-0.3, -0.25) is 9.59 Å². The van der Waals surface area contributed by atoms with E-state index in [1.807, 2.05) is 18.2 Å². The Balaban J connectivity index is 1.51. The normalized spacial score (nSPS) is 18.3. The van der Waals surface area contributed by atoms with Gasteiger partial charge in [-0.05, 0) is 59.8 Å². The van der Waals surface area contributed by atoms with Crippen molar-refractivity contribution in [3.63, 3.8) is 0 Å². The van der Waals surface area contributed by atoms with E-state index < -0.39 is 5.97 Å². The van der Waals surface area contributed by atoms with Crippen LogP contribution in [0.2, 0.25) is 0 Å². The van der Waals surface area contributed by atoms with Crippen LogP contribution in [0.5, 0.6) is 0 Å². The molecule has 0 unspecified atom stereocenters. The van der Waals surface area contributed by atoms with E-state index in [9.17, 15) is 14.4 Å². The average Bonchev–Trinajstić information content (AvgIpc) is 3.05. The van der Waals surface area contributed by atoms with E-state index in [0.29, 0.717) is 5.56 Å². The highest BCUT2D eigenvalue weighted by atomic mass is 16.5. The summed E-state index contributed by atoms with van der Waals surface area (Å²) in [4.78, 5) is 39.8. The molecule has 0 saturated carbocycles. The number of esters is 1. The minimum Gasteiger partial charge on any atom is -0.440 e. The predicted molar refractivity (Wildman–Crippen MR) is 126 cm³/mol. The van der Waals surface area contributed by atoms with E-state index >= 15 is 0 Å². The highest BCUT2D eigenvalue weighted by Gasteiger charge is 2.30. The number of hydrogen-bond acceptors (Lipinski definition) is 5. The number of hydrogen-bond donors (Lipinski definition) is 0. The topological polar surface area (TPSA) is 66.9 Å². The van der Waals surface area contributed by atoms with E-state index in [1.165, 1.54) is 16.7 Å². The Kier molecular flexibility index (Phi) is 5.68. The Morgan fingerprint density at radius 3 is 2.27 bits per heavy atom. The van der Waals surface area contributed by atoms with Crippen LogP contribution in [0, 0.1) is 0 Å². The molecule has 2 heterocycles. The maximum absolute atomic E-state index is 12.8. The summed E-state index contributed by atoms with van der Waals surface area (Å²) in [5.41, 5.74) is 7.39. The fourth-order valence-electron chi connectivity index (χ4n) is 4.73. The van der Waals surface area contributed by atoms with Gasteiger partial charge in [0, 0.05) is 25.9 Å². The lowest BCUT2D eigenvalue weighted by Gasteiger charge is -2.27. The largest absolute Gasteiger partial charge is 0.440 e. The average molecular weight is 443 g/mol. The Hall–Kier alpha value is -3.51. The van der Waals surface area contributed by atoms with Crippen LogP contribution in [-0.4, -0.2) is 54.5 Å². The summed E-state index contributed by atoms with van der Waals surface area (Å²) in [7, 11) is 2.14. The standard InChI is InChI=1S/C27H26N2O4/c1-28-14-12-20(13-15-28)26-22-5-3-2-4-18(22)6-7-19-8-9-21(16-23(19)26)27(32)33-17-29-24(30)10-11-25(29)31/h2-9,16H,10-15,17H2,1H3. The third-order valence-electron chi connectivity index (χ3n) is 6.65. The zero-order valence-electron chi connectivity index (χ0n) is 18.7. The van der Waals surface area contributed by atoms with E-state index in [4.69, 9.17) is 4.74 Å². The summed E-state index contributed by atoms with van der Waals surface area (Å²) >= 11 is 0. The molecule has 6 heteroatoms. The molecule has 168 valence electrons. The van der Waals surface area contributed by atoms with Gasteiger partial charge in [0.15, 0.2) is 6.73 Å². The molecule has 0 atom stereocenters. The Labute approximate surface area is 193 Å².